The highest BCUT2D eigenvalue weighted by Crippen LogP contribution is 2.14. The predicted molar refractivity (Wildman–Crippen MR) is 69.8 cm³/mol. The highest BCUT2D eigenvalue weighted by molar-refractivity contribution is 9.10. The Kier molecular flexibility index (Phi) is 3.58. The third kappa shape index (κ3) is 2.94. The molecule has 0 aliphatic carbocycles. The third-order valence-corrected chi connectivity index (χ3v) is 2.90. The number of H-pyrrole nitrogens is 1. The first kappa shape index (κ1) is 11.9. The Morgan fingerprint density at radius 2 is 2.29 bits per heavy atom. The van der Waals surface area contributed by atoms with E-state index in [1.807, 2.05) is 18.2 Å². The van der Waals surface area contributed by atoms with E-state index in [2.05, 4.69) is 25.9 Å². The summed E-state index contributed by atoms with van der Waals surface area (Å²) in [4.78, 5) is 20.7. The predicted octanol–water partition coefficient (Wildman–Crippen LogP) is 2.38. The van der Waals surface area contributed by atoms with Crippen LogP contribution < -0.4 is 4.90 Å². The van der Waals surface area contributed by atoms with E-state index in [-0.39, 0.29) is 5.91 Å². The van der Waals surface area contributed by atoms with Crippen molar-refractivity contribution < 1.29 is 4.79 Å². The van der Waals surface area contributed by atoms with Crippen LogP contribution in [0.5, 0.6) is 0 Å². The molecule has 4 nitrogen and oxygen atoms in total. The summed E-state index contributed by atoms with van der Waals surface area (Å²) in [7, 11) is 1.72. The summed E-state index contributed by atoms with van der Waals surface area (Å²) in [6.07, 6.45) is 3.83. The topological polar surface area (TPSA) is 49.0 Å². The van der Waals surface area contributed by atoms with E-state index in [4.69, 9.17) is 0 Å². The number of likely N-dealkylation sites (N-methyl/N-ethyl adjacent to an activating group) is 1. The number of hydrogen-bond donors (Lipinski definition) is 1. The molecule has 2 rings (SSSR count). The van der Waals surface area contributed by atoms with Crippen molar-refractivity contribution in [2.75, 3.05) is 11.9 Å². The molecule has 0 aliphatic rings. The van der Waals surface area contributed by atoms with E-state index in [0.717, 1.165) is 10.2 Å². The first-order valence-corrected chi connectivity index (χ1v) is 5.96. The molecule has 0 saturated carbocycles. The van der Waals surface area contributed by atoms with Crippen molar-refractivity contribution in [2.24, 2.45) is 0 Å². The quantitative estimate of drug-likeness (QED) is 0.945. The van der Waals surface area contributed by atoms with Crippen LogP contribution in [-0.4, -0.2) is 22.9 Å². The number of aromatic amines is 1. The Labute approximate surface area is 108 Å². The Balaban J connectivity index is 2.07. The largest absolute Gasteiger partial charge is 0.365 e. The minimum Gasteiger partial charge on any atom is -0.365 e. The molecule has 1 N–H and O–H groups in total. The van der Waals surface area contributed by atoms with Crippen LogP contribution >= 0.6 is 15.9 Å². The van der Waals surface area contributed by atoms with E-state index >= 15 is 0 Å². The maximum Gasteiger partial charge on any atom is 0.233 e. The maximum atomic E-state index is 11.9. The molecular formula is C12H12BrN3O. The fourth-order valence-electron chi connectivity index (χ4n) is 1.45. The number of halogens is 1. The van der Waals surface area contributed by atoms with Gasteiger partial charge >= 0.3 is 0 Å². The summed E-state index contributed by atoms with van der Waals surface area (Å²) in [5, 5.41) is 0. The summed E-state index contributed by atoms with van der Waals surface area (Å²) in [6.45, 7) is 0. The fourth-order valence-corrected chi connectivity index (χ4v) is 1.69. The molecule has 2 aromatic rings. The van der Waals surface area contributed by atoms with Crippen LogP contribution in [0.4, 0.5) is 5.82 Å². The standard InChI is InChI=1S/C12H12BrN3O/c1-16(11-5-4-9(13)8-15-11)12(17)7-10-3-2-6-14-10/h2-6,8,14H,7H2,1H3. The summed E-state index contributed by atoms with van der Waals surface area (Å²) < 4.78 is 0.895. The molecule has 17 heavy (non-hydrogen) atoms. The highest BCUT2D eigenvalue weighted by atomic mass is 79.9. The molecule has 2 aromatic heterocycles. The van der Waals surface area contributed by atoms with Crippen molar-refractivity contribution in [3.05, 3.63) is 46.8 Å². The zero-order chi connectivity index (χ0) is 12.3. The summed E-state index contributed by atoms with van der Waals surface area (Å²) in [5.74, 6) is 0.645. The number of aromatic nitrogens is 2. The fraction of sp³-hybridized carbons (Fsp3) is 0.167. The van der Waals surface area contributed by atoms with Crippen LogP contribution in [0.25, 0.3) is 0 Å². The zero-order valence-electron chi connectivity index (χ0n) is 9.35. The molecule has 0 spiro atoms. The van der Waals surface area contributed by atoms with E-state index in [9.17, 15) is 4.79 Å². The Hall–Kier alpha value is -1.62. The van der Waals surface area contributed by atoms with E-state index in [1.165, 1.54) is 0 Å². The smallest absolute Gasteiger partial charge is 0.233 e. The molecule has 2 heterocycles. The highest BCUT2D eigenvalue weighted by Gasteiger charge is 2.12. The average molecular weight is 294 g/mol. The summed E-state index contributed by atoms with van der Waals surface area (Å²) in [6, 6.07) is 7.43. The van der Waals surface area contributed by atoms with Gasteiger partial charge in [0.25, 0.3) is 0 Å². The molecule has 5 heteroatoms. The van der Waals surface area contributed by atoms with Crippen molar-refractivity contribution in [1.29, 1.82) is 0 Å². The number of carbonyl (C=O) groups is 1. The molecular weight excluding hydrogens is 282 g/mol. The minimum atomic E-state index is 0.00210. The van der Waals surface area contributed by atoms with Crippen LogP contribution in [0.15, 0.2) is 41.1 Å². The van der Waals surface area contributed by atoms with Crippen LogP contribution in [0, 0.1) is 0 Å². The van der Waals surface area contributed by atoms with Gasteiger partial charge in [-0.15, -0.1) is 0 Å². The number of carbonyl (C=O) groups excluding carboxylic acids is 1. The van der Waals surface area contributed by atoms with Gasteiger partial charge in [0.2, 0.25) is 5.91 Å². The minimum absolute atomic E-state index is 0.00210. The maximum absolute atomic E-state index is 11.9. The van der Waals surface area contributed by atoms with Gasteiger partial charge in [-0.2, -0.15) is 0 Å². The van der Waals surface area contributed by atoms with Gasteiger partial charge in [0.05, 0.1) is 6.42 Å². The third-order valence-electron chi connectivity index (χ3n) is 2.43. The van der Waals surface area contributed by atoms with Crippen molar-refractivity contribution in [2.45, 2.75) is 6.42 Å². The molecule has 0 fully saturated rings. The molecule has 0 atom stereocenters. The second-order valence-corrected chi connectivity index (χ2v) is 4.58. The van der Waals surface area contributed by atoms with Crippen LogP contribution in [0.1, 0.15) is 5.69 Å². The number of nitrogens with zero attached hydrogens (tertiary/aromatic N) is 2. The summed E-state index contributed by atoms with van der Waals surface area (Å²) >= 11 is 3.31. The number of hydrogen-bond acceptors (Lipinski definition) is 2. The second kappa shape index (κ2) is 5.14. The van der Waals surface area contributed by atoms with Gasteiger partial charge in [-0.25, -0.2) is 4.98 Å². The number of pyridine rings is 1. The van der Waals surface area contributed by atoms with Gasteiger partial charge < -0.3 is 4.98 Å². The van der Waals surface area contributed by atoms with E-state index in [0.29, 0.717) is 12.2 Å². The van der Waals surface area contributed by atoms with Gasteiger partial charge in [0.1, 0.15) is 5.82 Å². The molecule has 0 aliphatic heterocycles. The molecule has 0 radical (unpaired) electrons. The molecule has 1 amide bonds. The lowest BCUT2D eigenvalue weighted by atomic mass is 10.3. The lowest BCUT2D eigenvalue weighted by Crippen LogP contribution is -2.28. The Bertz CT molecular complexity index is 493. The van der Waals surface area contributed by atoms with Gasteiger partial charge in [0.15, 0.2) is 0 Å². The number of anilines is 1. The van der Waals surface area contributed by atoms with Crippen molar-refractivity contribution in [3.8, 4) is 0 Å². The van der Waals surface area contributed by atoms with Crippen LogP contribution in [0.3, 0.4) is 0 Å². The molecule has 88 valence electrons. The average Bonchev–Trinajstić information content (AvgIpc) is 2.82. The van der Waals surface area contributed by atoms with Crippen molar-refractivity contribution >= 4 is 27.7 Å². The molecule has 0 saturated heterocycles. The first-order valence-electron chi connectivity index (χ1n) is 5.17. The SMILES string of the molecule is CN(C(=O)Cc1ccc[nH]1)c1ccc(Br)cn1. The van der Waals surface area contributed by atoms with Crippen molar-refractivity contribution in [3.63, 3.8) is 0 Å². The first-order chi connectivity index (χ1) is 8.16. The van der Waals surface area contributed by atoms with Gasteiger partial charge in [-0.05, 0) is 40.2 Å². The van der Waals surface area contributed by atoms with E-state index < -0.39 is 0 Å². The molecule has 0 bridgehead atoms. The molecule has 0 unspecified atom stereocenters. The lowest BCUT2D eigenvalue weighted by Gasteiger charge is -2.15. The van der Waals surface area contributed by atoms with Crippen LogP contribution in [0.2, 0.25) is 0 Å². The van der Waals surface area contributed by atoms with Gasteiger partial charge in [0, 0.05) is 29.6 Å². The lowest BCUT2D eigenvalue weighted by molar-refractivity contribution is -0.117. The second-order valence-electron chi connectivity index (χ2n) is 3.66. The van der Waals surface area contributed by atoms with Crippen molar-refractivity contribution in [1.82, 2.24) is 9.97 Å². The Morgan fingerprint density at radius 1 is 1.47 bits per heavy atom. The Morgan fingerprint density at radius 3 is 2.88 bits per heavy atom. The van der Waals surface area contributed by atoms with Crippen LogP contribution in [-0.2, 0) is 11.2 Å². The zero-order valence-corrected chi connectivity index (χ0v) is 10.9. The van der Waals surface area contributed by atoms with Gasteiger partial charge in [-0.3, -0.25) is 9.69 Å². The number of nitrogens with one attached hydrogen (secondary N) is 1. The van der Waals surface area contributed by atoms with E-state index in [1.54, 1.807) is 30.4 Å². The summed E-state index contributed by atoms with van der Waals surface area (Å²) in [5.41, 5.74) is 0.902. The van der Waals surface area contributed by atoms with Gasteiger partial charge in [-0.1, -0.05) is 0 Å². The number of amides is 1. The number of rotatable bonds is 3. The molecule has 0 aromatic carbocycles. The normalized spacial score (nSPS) is 10.2. The monoisotopic (exact) mass is 293 g/mol.